The highest BCUT2D eigenvalue weighted by molar-refractivity contribution is 7.78. The molecule has 0 bridgehead atoms. The Bertz CT molecular complexity index is 1060. The predicted octanol–water partition coefficient (Wildman–Crippen LogP) is 6.41. The third-order valence-corrected chi connectivity index (χ3v) is 4.39. The summed E-state index contributed by atoms with van der Waals surface area (Å²) < 4.78 is 0. The molecule has 0 fully saturated rings. The van der Waals surface area contributed by atoms with E-state index in [1.807, 2.05) is 12.1 Å². The van der Waals surface area contributed by atoms with Crippen LogP contribution in [-0.2, 0) is 0 Å². The molecule has 2 heteroatoms. The van der Waals surface area contributed by atoms with E-state index in [2.05, 4.69) is 104 Å². The second-order valence-corrected chi connectivity index (χ2v) is 6.53. The Labute approximate surface area is 160 Å². The molecule has 3 aromatic carbocycles. The van der Waals surface area contributed by atoms with Crippen LogP contribution < -0.4 is 0 Å². The van der Waals surface area contributed by atoms with Crippen LogP contribution in [0.25, 0.3) is 11.1 Å². The van der Waals surface area contributed by atoms with Crippen molar-refractivity contribution >= 4 is 23.1 Å². The van der Waals surface area contributed by atoms with Crippen molar-refractivity contribution in [3.8, 4) is 23.0 Å². The maximum Gasteiger partial charge on any atom is 0.0739 e. The zero-order valence-corrected chi connectivity index (χ0v) is 15.9. The molecule has 0 aromatic heterocycles. The van der Waals surface area contributed by atoms with Gasteiger partial charge in [0.1, 0.15) is 0 Å². The van der Waals surface area contributed by atoms with Gasteiger partial charge in [-0.15, -0.1) is 0 Å². The number of hydrogen-bond acceptors (Lipinski definition) is 2. The molecule has 0 aliphatic rings. The maximum absolute atomic E-state index is 4.64. The summed E-state index contributed by atoms with van der Waals surface area (Å²) >= 11 is 4.64. The number of nitrogens with zero attached hydrogens (tertiary/aromatic N) is 1. The average Bonchev–Trinajstić information content (AvgIpc) is 2.62. The van der Waals surface area contributed by atoms with Crippen LogP contribution in [0.2, 0.25) is 0 Å². The molecule has 3 aromatic rings. The van der Waals surface area contributed by atoms with E-state index in [0.29, 0.717) is 0 Å². The summed E-state index contributed by atoms with van der Waals surface area (Å²) in [5, 5.41) is 2.39. The summed E-state index contributed by atoms with van der Waals surface area (Å²) in [6, 6.07) is 20.7. The molecular formula is C24H19NS. The van der Waals surface area contributed by atoms with E-state index in [-0.39, 0.29) is 0 Å². The lowest BCUT2D eigenvalue weighted by atomic mass is 9.98. The first kappa shape index (κ1) is 17.8. The second kappa shape index (κ2) is 7.93. The zero-order valence-electron chi connectivity index (χ0n) is 15.1. The average molecular weight is 353 g/mol. The van der Waals surface area contributed by atoms with Crippen molar-refractivity contribution in [2.45, 2.75) is 20.8 Å². The Morgan fingerprint density at radius 3 is 2.19 bits per heavy atom. The highest BCUT2D eigenvalue weighted by Gasteiger charge is 2.03. The van der Waals surface area contributed by atoms with Crippen LogP contribution in [0.3, 0.4) is 0 Å². The Morgan fingerprint density at radius 2 is 1.54 bits per heavy atom. The van der Waals surface area contributed by atoms with Crippen LogP contribution >= 0.6 is 12.2 Å². The predicted molar refractivity (Wildman–Crippen MR) is 113 cm³/mol. The van der Waals surface area contributed by atoms with Crippen LogP contribution in [0.1, 0.15) is 27.8 Å². The van der Waals surface area contributed by atoms with Crippen molar-refractivity contribution in [2.75, 3.05) is 0 Å². The molecule has 0 aliphatic heterocycles. The summed E-state index contributed by atoms with van der Waals surface area (Å²) in [5.41, 5.74) is 8.93. The third kappa shape index (κ3) is 4.16. The van der Waals surface area contributed by atoms with Crippen LogP contribution in [0.4, 0.5) is 5.69 Å². The van der Waals surface area contributed by atoms with Gasteiger partial charge in [0.15, 0.2) is 0 Å². The molecule has 0 heterocycles. The van der Waals surface area contributed by atoms with E-state index in [0.717, 1.165) is 22.4 Å². The lowest BCUT2D eigenvalue weighted by Gasteiger charge is -2.07. The molecular weight excluding hydrogens is 334 g/mol. The van der Waals surface area contributed by atoms with E-state index in [4.69, 9.17) is 0 Å². The molecule has 0 radical (unpaired) electrons. The fourth-order valence-electron chi connectivity index (χ4n) is 2.93. The first-order valence-electron chi connectivity index (χ1n) is 8.45. The van der Waals surface area contributed by atoms with Gasteiger partial charge in [-0.3, -0.25) is 0 Å². The minimum atomic E-state index is 0.817. The van der Waals surface area contributed by atoms with Gasteiger partial charge in [-0.2, -0.15) is 4.99 Å². The topological polar surface area (TPSA) is 12.4 Å². The SMILES string of the molecule is Cc1ccc(C#Cc2ccc(-c3ccc(N=C=S)cc3)c(C)c2)c(C)c1. The Balaban J connectivity index is 1.88. The van der Waals surface area contributed by atoms with Crippen molar-refractivity contribution in [1.82, 2.24) is 0 Å². The van der Waals surface area contributed by atoms with E-state index in [1.54, 1.807) is 0 Å². The summed E-state index contributed by atoms with van der Waals surface area (Å²) in [5.74, 6) is 6.57. The lowest BCUT2D eigenvalue weighted by Crippen LogP contribution is -1.86. The summed E-state index contributed by atoms with van der Waals surface area (Å²) in [7, 11) is 0. The standard InChI is InChI=1S/C24H19NS/c1-17-4-7-21(18(2)14-17)8-5-20-6-13-24(19(3)15-20)22-9-11-23(12-10-22)25-16-26/h4,6-7,9-15H,1-3H3. The first-order chi connectivity index (χ1) is 12.6. The quantitative estimate of drug-likeness (QED) is 0.294. The van der Waals surface area contributed by atoms with Gasteiger partial charge >= 0.3 is 0 Å². The Kier molecular flexibility index (Phi) is 5.44. The van der Waals surface area contributed by atoms with Gasteiger partial charge in [0.25, 0.3) is 0 Å². The van der Waals surface area contributed by atoms with Gasteiger partial charge in [-0.25, -0.2) is 0 Å². The number of benzene rings is 3. The van der Waals surface area contributed by atoms with Crippen molar-refractivity contribution in [1.29, 1.82) is 0 Å². The second-order valence-electron chi connectivity index (χ2n) is 6.35. The smallest absolute Gasteiger partial charge is 0.0739 e. The van der Waals surface area contributed by atoms with Crippen LogP contribution in [0, 0.1) is 32.6 Å². The molecule has 0 N–H and O–H groups in total. The molecule has 0 saturated heterocycles. The highest BCUT2D eigenvalue weighted by atomic mass is 32.1. The monoisotopic (exact) mass is 353 g/mol. The fourth-order valence-corrected chi connectivity index (χ4v) is 3.03. The minimum absolute atomic E-state index is 0.817. The number of thiocarbonyl (C=S) groups is 1. The number of aliphatic imine (C=N–C) groups is 1. The highest BCUT2D eigenvalue weighted by Crippen LogP contribution is 2.26. The molecule has 0 unspecified atom stereocenters. The van der Waals surface area contributed by atoms with Gasteiger partial charge < -0.3 is 0 Å². The molecule has 26 heavy (non-hydrogen) atoms. The van der Waals surface area contributed by atoms with Crippen molar-refractivity contribution in [2.24, 2.45) is 4.99 Å². The van der Waals surface area contributed by atoms with Gasteiger partial charge in [-0.05, 0) is 85.6 Å². The number of hydrogen-bond donors (Lipinski definition) is 0. The maximum atomic E-state index is 4.64. The number of isothiocyanates is 1. The summed E-state index contributed by atoms with van der Waals surface area (Å²) in [6.07, 6.45) is 0. The molecule has 0 aliphatic carbocycles. The Hall–Kier alpha value is -2.98. The largest absolute Gasteiger partial charge is 0.195 e. The summed E-state index contributed by atoms with van der Waals surface area (Å²) in [6.45, 7) is 6.31. The van der Waals surface area contributed by atoms with Crippen LogP contribution in [0.5, 0.6) is 0 Å². The van der Waals surface area contributed by atoms with Crippen LogP contribution in [0.15, 0.2) is 65.7 Å². The zero-order chi connectivity index (χ0) is 18.5. The van der Waals surface area contributed by atoms with E-state index in [9.17, 15) is 0 Å². The van der Waals surface area contributed by atoms with Gasteiger partial charge in [0.05, 0.1) is 10.8 Å². The van der Waals surface area contributed by atoms with Crippen molar-refractivity contribution < 1.29 is 0 Å². The molecule has 0 atom stereocenters. The molecule has 0 amide bonds. The molecule has 1 nitrogen and oxygen atoms in total. The molecule has 0 saturated carbocycles. The summed E-state index contributed by atoms with van der Waals surface area (Å²) in [4.78, 5) is 3.99. The number of aryl methyl sites for hydroxylation is 3. The fraction of sp³-hybridized carbons (Fsp3) is 0.125. The Morgan fingerprint density at radius 1 is 0.769 bits per heavy atom. The normalized spacial score (nSPS) is 9.81. The van der Waals surface area contributed by atoms with E-state index < -0.39 is 0 Å². The lowest BCUT2D eigenvalue weighted by molar-refractivity contribution is 1.36. The first-order valence-corrected chi connectivity index (χ1v) is 8.86. The van der Waals surface area contributed by atoms with Gasteiger partial charge in [0, 0.05) is 11.1 Å². The molecule has 126 valence electrons. The van der Waals surface area contributed by atoms with Crippen molar-refractivity contribution in [3.63, 3.8) is 0 Å². The van der Waals surface area contributed by atoms with E-state index in [1.165, 1.54) is 22.3 Å². The van der Waals surface area contributed by atoms with Crippen molar-refractivity contribution in [3.05, 3.63) is 88.5 Å². The van der Waals surface area contributed by atoms with Gasteiger partial charge in [0.2, 0.25) is 0 Å². The third-order valence-electron chi connectivity index (χ3n) is 4.30. The van der Waals surface area contributed by atoms with E-state index >= 15 is 0 Å². The molecule has 3 rings (SSSR count). The number of rotatable bonds is 2. The minimum Gasteiger partial charge on any atom is -0.195 e. The van der Waals surface area contributed by atoms with Gasteiger partial charge in [-0.1, -0.05) is 47.7 Å². The molecule has 0 spiro atoms. The van der Waals surface area contributed by atoms with Crippen LogP contribution in [-0.4, -0.2) is 5.16 Å².